The Morgan fingerprint density at radius 3 is 2.84 bits per heavy atom. The molecule has 2 aliphatic heterocycles. The molecule has 25 heavy (non-hydrogen) atoms. The fourth-order valence-electron chi connectivity index (χ4n) is 3.75. The van der Waals surface area contributed by atoms with Crippen LogP contribution >= 0.6 is 0 Å². The number of para-hydroxylation sites is 1. The standard InChI is InChI=1S/C18H23N3O4/c1-10-7-11(2)21(20-10)16-17(23)15(14-9-24-18(16)25-14)19-8-12-5-3-4-6-13(12)22/h3-7,14-19,22-23H,8-9H2,1-2H3/t14-,15-,16-,17+,18-/m1/s1. The average molecular weight is 345 g/mol. The Hall–Kier alpha value is -1.93. The number of aromatic hydroxyl groups is 1. The number of benzene rings is 1. The van der Waals surface area contributed by atoms with Gasteiger partial charge in [0.1, 0.15) is 17.9 Å². The van der Waals surface area contributed by atoms with E-state index in [1.54, 1.807) is 16.8 Å². The van der Waals surface area contributed by atoms with E-state index >= 15 is 0 Å². The number of rotatable bonds is 4. The molecule has 0 unspecified atom stereocenters. The molecule has 0 aliphatic carbocycles. The number of hydrogen-bond acceptors (Lipinski definition) is 6. The quantitative estimate of drug-likeness (QED) is 0.767. The molecule has 2 aliphatic rings. The summed E-state index contributed by atoms with van der Waals surface area (Å²) < 4.78 is 13.5. The van der Waals surface area contributed by atoms with Gasteiger partial charge in [-0.2, -0.15) is 5.10 Å². The molecule has 2 saturated heterocycles. The van der Waals surface area contributed by atoms with Gasteiger partial charge in [-0.3, -0.25) is 4.68 Å². The molecule has 2 fully saturated rings. The first-order valence-corrected chi connectivity index (χ1v) is 8.53. The van der Waals surface area contributed by atoms with Crippen LogP contribution in [0.4, 0.5) is 0 Å². The van der Waals surface area contributed by atoms with Crippen LogP contribution in [0, 0.1) is 13.8 Å². The van der Waals surface area contributed by atoms with Crippen LogP contribution in [0.3, 0.4) is 0 Å². The van der Waals surface area contributed by atoms with Crippen molar-refractivity contribution in [2.24, 2.45) is 0 Å². The zero-order valence-electron chi connectivity index (χ0n) is 14.3. The van der Waals surface area contributed by atoms with E-state index in [1.807, 2.05) is 32.0 Å². The van der Waals surface area contributed by atoms with Crippen molar-refractivity contribution in [2.75, 3.05) is 6.61 Å². The summed E-state index contributed by atoms with van der Waals surface area (Å²) in [7, 11) is 0. The number of hydrogen-bond donors (Lipinski definition) is 3. The predicted molar refractivity (Wildman–Crippen MR) is 90.1 cm³/mol. The fraction of sp³-hybridized carbons (Fsp3) is 0.500. The number of aliphatic hydroxyl groups excluding tert-OH is 1. The van der Waals surface area contributed by atoms with Gasteiger partial charge >= 0.3 is 0 Å². The first-order chi connectivity index (χ1) is 12.0. The van der Waals surface area contributed by atoms with Crippen molar-refractivity contribution in [1.82, 2.24) is 15.1 Å². The summed E-state index contributed by atoms with van der Waals surface area (Å²) in [6.45, 7) is 4.74. The smallest absolute Gasteiger partial charge is 0.183 e. The number of aromatic nitrogens is 2. The summed E-state index contributed by atoms with van der Waals surface area (Å²) >= 11 is 0. The van der Waals surface area contributed by atoms with E-state index in [9.17, 15) is 10.2 Å². The summed E-state index contributed by atoms with van der Waals surface area (Å²) in [5, 5.41) is 28.8. The molecule has 134 valence electrons. The normalized spacial score (nSPS) is 31.4. The lowest BCUT2D eigenvalue weighted by atomic mass is 9.95. The van der Waals surface area contributed by atoms with Gasteiger partial charge in [0.05, 0.1) is 24.4 Å². The van der Waals surface area contributed by atoms with Crippen LogP contribution < -0.4 is 5.32 Å². The summed E-state index contributed by atoms with van der Waals surface area (Å²) in [6, 6.07) is 8.41. The van der Waals surface area contributed by atoms with Crippen LogP contribution in [0.5, 0.6) is 5.75 Å². The zero-order valence-corrected chi connectivity index (χ0v) is 14.3. The second-order valence-electron chi connectivity index (χ2n) is 6.76. The van der Waals surface area contributed by atoms with Gasteiger partial charge in [0.25, 0.3) is 0 Å². The molecular formula is C18H23N3O4. The first-order valence-electron chi connectivity index (χ1n) is 8.53. The van der Waals surface area contributed by atoms with Gasteiger partial charge in [0.2, 0.25) is 0 Å². The fourth-order valence-corrected chi connectivity index (χ4v) is 3.75. The third-order valence-electron chi connectivity index (χ3n) is 4.98. The molecule has 5 atom stereocenters. The van der Waals surface area contributed by atoms with Gasteiger partial charge in [-0.05, 0) is 26.0 Å². The van der Waals surface area contributed by atoms with Crippen LogP contribution in [-0.4, -0.2) is 51.1 Å². The van der Waals surface area contributed by atoms with Crippen molar-refractivity contribution in [2.45, 2.75) is 51.0 Å². The third-order valence-corrected chi connectivity index (χ3v) is 4.98. The van der Waals surface area contributed by atoms with E-state index in [2.05, 4.69) is 10.4 Å². The van der Waals surface area contributed by atoms with Gasteiger partial charge < -0.3 is 25.0 Å². The Bertz CT molecular complexity index is 763. The molecule has 2 aromatic rings. The molecule has 0 amide bonds. The van der Waals surface area contributed by atoms with Gasteiger partial charge in [0.15, 0.2) is 6.29 Å². The summed E-state index contributed by atoms with van der Waals surface area (Å²) in [5.41, 5.74) is 2.63. The minimum Gasteiger partial charge on any atom is -0.508 e. The van der Waals surface area contributed by atoms with Crippen LogP contribution in [0.15, 0.2) is 30.3 Å². The highest BCUT2D eigenvalue weighted by atomic mass is 16.7. The molecule has 1 aromatic carbocycles. The maximum absolute atomic E-state index is 11.0. The number of nitrogens with zero attached hydrogens (tertiary/aromatic N) is 2. The van der Waals surface area contributed by atoms with Gasteiger partial charge in [-0.1, -0.05) is 18.2 Å². The highest BCUT2D eigenvalue weighted by Gasteiger charge is 2.51. The Morgan fingerprint density at radius 2 is 2.12 bits per heavy atom. The largest absolute Gasteiger partial charge is 0.508 e. The molecule has 7 heteroatoms. The number of nitrogens with one attached hydrogen (secondary N) is 1. The van der Waals surface area contributed by atoms with Gasteiger partial charge in [-0.25, -0.2) is 0 Å². The Kier molecular flexibility index (Phi) is 4.24. The second-order valence-corrected chi connectivity index (χ2v) is 6.76. The van der Waals surface area contributed by atoms with E-state index in [1.165, 1.54) is 0 Å². The Labute approximate surface area is 146 Å². The van der Waals surface area contributed by atoms with Crippen molar-refractivity contribution >= 4 is 0 Å². The van der Waals surface area contributed by atoms with E-state index in [0.717, 1.165) is 17.0 Å². The van der Waals surface area contributed by atoms with E-state index < -0.39 is 18.4 Å². The summed E-state index contributed by atoms with van der Waals surface area (Å²) in [4.78, 5) is 0. The molecule has 1 aromatic heterocycles. The second kappa shape index (κ2) is 6.42. The van der Waals surface area contributed by atoms with E-state index in [0.29, 0.717) is 13.2 Å². The number of phenolic OH excluding ortho intramolecular Hbond substituents is 1. The van der Waals surface area contributed by atoms with Gasteiger partial charge in [0, 0.05) is 17.8 Å². The highest BCUT2D eigenvalue weighted by molar-refractivity contribution is 5.31. The van der Waals surface area contributed by atoms with Crippen LogP contribution in [0.1, 0.15) is 23.0 Å². The van der Waals surface area contributed by atoms with Gasteiger partial charge in [-0.15, -0.1) is 0 Å². The Balaban J connectivity index is 1.56. The van der Waals surface area contributed by atoms with E-state index in [-0.39, 0.29) is 17.9 Å². The van der Waals surface area contributed by atoms with E-state index in [4.69, 9.17) is 9.47 Å². The highest BCUT2D eigenvalue weighted by Crippen LogP contribution is 2.36. The first kappa shape index (κ1) is 16.5. The van der Waals surface area contributed by atoms with Crippen molar-refractivity contribution in [3.05, 3.63) is 47.3 Å². The monoisotopic (exact) mass is 345 g/mol. The predicted octanol–water partition coefficient (Wildman–Crippen LogP) is 1.02. The number of fused-ring (bicyclic) bond motifs is 2. The van der Waals surface area contributed by atoms with Crippen molar-refractivity contribution < 1.29 is 19.7 Å². The summed E-state index contributed by atoms with van der Waals surface area (Å²) in [6.07, 6.45) is -1.43. The molecule has 0 radical (unpaired) electrons. The van der Waals surface area contributed by atoms with Crippen molar-refractivity contribution in [3.8, 4) is 5.75 Å². The molecule has 3 heterocycles. The topological polar surface area (TPSA) is 88.8 Å². The van der Waals surface area contributed by atoms with Crippen molar-refractivity contribution in [3.63, 3.8) is 0 Å². The molecular weight excluding hydrogens is 322 g/mol. The third kappa shape index (κ3) is 2.93. The number of phenols is 1. The Morgan fingerprint density at radius 1 is 1.32 bits per heavy atom. The minimum absolute atomic E-state index is 0.223. The lowest BCUT2D eigenvalue weighted by Gasteiger charge is -2.39. The van der Waals surface area contributed by atoms with Crippen LogP contribution in [0.2, 0.25) is 0 Å². The maximum atomic E-state index is 11.0. The number of aryl methyl sites for hydroxylation is 2. The lowest BCUT2D eigenvalue weighted by Crippen LogP contribution is -2.57. The average Bonchev–Trinajstić information content (AvgIpc) is 3.14. The molecule has 7 nitrogen and oxygen atoms in total. The maximum Gasteiger partial charge on any atom is 0.183 e. The van der Waals surface area contributed by atoms with Crippen molar-refractivity contribution in [1.29, 1.82) is 0 Å². The molecule has 0 spiro atoms. The molecule has 0 saturated carbocycles. The molecule has 4 rings (SSSR count). The minimum atomic E-state index is -0.713. The molecule has 3 N–H and O–H groups in total. The zero-order chi connectivity index (χ0) is 17.6. The van der Waals surface area contributed by atoms with Crippen LogP contribution in [-0.2, 0) is 16.0 Å². The molecule has 2 bridgehead atoms. The number of aliphatic hydroxyl groups is 1. The number of ether oxygens (including phenoxy) is 2. The summed E-state index contributed by atoms with van der Waals surface area (Å²) in [5.74, 6) is 0.233. The lowest BCUT2D eigenvalue weighted by molar-refractivity contribution is -0.168. The van der Waals surface area contributed by atoms with Crippen LogP contribution in [0.25, 0.3) is 0 Å². The SMILES string of the molecule is Cc1cc(C)n([C@H]2[C@@H]3OC[C@@H](O3)[C@@H](NCc3ccccc3O)[C@@H]2O)n1.